The molecule has 0 amide bonds. The number of pyridine rings is 1. The monoisotopic (exact) mass is 246 g/mol. The Morgan fingerprint density at radius 1 is 1.39 bits per heavy atom. The van der Waals surface area contributed by atoms with Gasteiger partial charge in [-0.05, 0) is 30.9 Å². The Hall–Kier alpha value is -1.42. The fourth-order valence-electron chi connectivity index (χ4n) is 2.46. The van der Waals surface area contributed by atoms with Crippen LogP contribution in [0.2, 0.25) is 0 Å². The van der Waals surface area contributed by atoms with Crippen LogP contribution in [0.25, 0.3) is 11.0 Å². The number of aromatic nitrogens is 3. The standard InChI is InChI=1S/C14H22N4/c1-10(2)6-11(8-15)7-14-17-12-4-5-16-9-13(12)18(14)3/h4-5,9-11H,6-8,15H2,1-3H3. The number of rotatable bonds is 5. The van der Waals surface area contributed by atoms with Gasteiger partial charge in [-0.1, -0.05) is 13.8 Å². The van der Waals surface area contributed by atoms with Crippen LogP contribution in [0.15, 0.2) is 18.5 Å². The molecular weight excluding hydrogens is 224 g/mol. The highest BCUT2D eigenvalue weighted by Gasteiger charge is 2.14. The van der Waals surface area contributed by atoms with E-state index >= 15 is 0 Å². The summed E-state index contributed by atoms with van der Waals surface area (Å²) < 4.78 is 2.13. The van der Waals surface area contributed by atoms with Crippen molar-refractivity contribution in [3.05, 3.63) is 24.3 Å². The molecule has 0 aromatic carbocycles. The van der Waals surface area contributed by atoms with Crippen molar-refractivity contribution in [2.45, 2.75) is 26.7 Å². The van der Waals surface area contributed by atoms with E-state index in [0.717, 1.165) is 36.2 Å². The molecule has 4 heteroatoms. The molecule has 2 rings (SSSR count). The van der Waals surface area contributed by atoms with E-state index in [1.165, 1.54) is 0 Å². The van der Waals surface area contributed by atoms with Crippen molar-refractivity contribution in [2.75, 3.05) is 6.54 Å². The molecular formula is C14H22N4. The lowest BCUT2D eigenvalue weighted by atomic mass is 9.94. The average Bonchev–Trinajstić information content (AvgIpc) is 2.66. The molecule has 2 aromatic heterocycles. The van der Waals surface area contributed by atoms with Gasteiger partial charge in [-0.3, -0.25) is 4.98 Å². The summed E-state index contributed by atoms with van der Waals surface area (Å²) in [6.45, 7) is 5.20. The summed E-state index contributed by atoms with van der Waals surface area (Å²) >= 11 is 0. The van der Waals surface area contributed by atoms with Crippen LogP contribution in [-0.4, -0.2) is 21.1 Å². The first-order chi connectivity index (χ1) is 8.61. The molecule has 1 unspecified atom stereocenters. The van der Waals surface area contributed by atoms with Gasteiger partial charge in [0, 0.05) is 19.7 Å². The van der Waals surface area contributed by atoms with Crippen LogP contribution in [0.1, 0.15) is 26.1 Å². The maximum atomic E-state index is 5.86. The largest absolute Gasteiger partial charge is 0.330 e. The third kappa shape index (κ3) is 2.70. The van der Waals surface area contributed by atoms with Crippen LogP contribution in [-0.2, 0) is 13.5 Å². The van der Waals surface area contributed by atoms with E-state index in [9.17, 15) is 0 Å². The quantitative estimate of drug-likeness (QED) is 0.879. The summed E-state index contributed by atoms with van der Waals surface area (Å²) in [4.78, 5) is 8.82. The first-order valence-corrected chi connectivity index (χ1v) is 6.57. The number of fused-ring (bicyclic) bond motifs is 1. The second kappa shape index (κ2) is 5.48. The van der Waals surface area contributed by atoms with Crippen LogP contribution in [0.4, 0.5) is 0 Å². The molecule has 0 radical (unpaired) electrons. The summed E-state index contributed by atoms with van der Waals surface area (Å²) in [7, 11) is 2.05. The predicted octanol–water partition coefficient (Wildman–Crippen LogP) is 2.13. The first kappa shape index (κ1) is 13.0. The Labute approximate surface area is 108 Å². The highest BCUT2D eigenvalue weighted by Crippen LogP contribution is 2.19. The van der Waals surface area contributed by atoms with Crippen LogP contribution >= 0.6 is 0 Å². The van der Waals surface area contributed by atoms with Crippen LogP contribution < -0.4 is 5.73 Å². The minimum absolute atomic E-state index is 0.508. The molecule has 0 aliphatic carbocycles. The van der Waals surface area contributed by atoms with E-state index in [1.807, 2.05) is 12.3 Å². The highest BCUT2D eigenvalue weighted by atomic mass is 15.1. The van der Waals surface area contributed by atoms with Gasteiger partial charge in [-0.15, -0.1) is 0 Å². The lowest BCUT2D eigenvalue weighted by molar-refractivity contribution is 0.406. The Morgan fingerprint density at radius 2 is 2.17 bits per heavy atom. The van der Waals surface area contributed by atoms with E-state index in [4.69, 9.17) is 5.73 Å². The maximum absolute atomic E-state index is 5.86. The summed E-state index contributed by atoms with van der Waals surface area (Å²) in [5.74, 6) is 2.29. The van der Waals surface area contributed by atoms with Crippen LogP contribution in [0, 0.1) is 11.8 Å². The second-order valence-electron chi connectivity index (χ2n) is 5.39. The Kier molecular flexibility index (Phi) is 3.97. The molecule has 0 aliphatic heterocycles. The van der Waals surface area contributed by atoms with Gasteiger partial charge in [-0.25, -0.2) is 4.98 Å². The van der Waals surface area contributed by atoms with E-state index in [0.29, 0.717) is 11.8 Å². The third-order valence-corrected chi connectivity index (χ3v) is 3.39. The third-order valence-electron chi connectivity index (χ3n) is 3.39. The molecule has 0 aliphatic rings. The van der Waals surface area contributed by atoms with Crippen molar-refractivity contribution in [3.8, 4) is 0 Å². The number of imidazole rings is 1. The number of aryl methyl sites for hydroxylation is 1. The number of hydrogen-bond donors (Lipinski definition) is 1. The van der Waals surface area contributed by atoms with Gasteiger partial charge in [0.25, 0.3) is 0 Å². The van der Waals surface area contributed by atoms with Gasteiger partial charge in [-0.2, -0.15) is 0 Å². The van der Waals surface area contributed by atoms with Crippen LogP contribution in [0.3, 0.4) is 0 Å². The Morgan fingerprint density at radius 3 is 2.78 bits per heavy atom. The zero-order valence-electron chi connectivity index (χ0n) is 11.4. The molecule has 1 atom stereocenters. The molecule has 18 heavy (non-hydrogen) atoms. The van der Waals surface area contributed by atoms with E-state index < -0.39 is 0 Å². The minimum atomic E-state index is 0.508. The smallest absolute Gasteiger partial charge is 0.109 e. The molecule has 0 saturated heterocycles. The second-order valence-corrected chi connectivity index (χ2v) is 5.39. The van der Waals surface area contributed by atoms with Gasteiger partial charge in [0.1, 0.15) is 5.82 Å². The molecule has 0 saturated carbocycles. The van der Waals surface area contributed by atoms with E-state index in [1.54, 1.807) is 6.20 Å². The molecule has 98 valence electrons. The molecule has 2 aromatic rings. The molecule has 4 nitrogen and oxygen atoms in total. The van der Waals surface area contributed by atoms with Gasteiger partial charge in [0.15, 0.2) is 0 Å². The van der Waals surface area contributed by atoms with Crippen molar-refractivity contribution in [1.29, 1.82) is 0 Å². The molecule has 0 fully saturated rings. The lowest BCUT2D eigenvalue weighted by Gasteiger charge is -2.16. The lowest BCUT2D eigenvalue weighted by Crippen LogP contribution is -2.20. The fraction of sp³-hybridized carbons (Fsp3) is 0.571. The molecule has 2 N–H and O–H groups in total. The first-order valence-electron chi connectivity index (χ1n) is 6.57. The Balaban J connectivity index is 2.22. The molecule has 0 spiro atoms. The summed E-state index contributed by atoms with van der Waals surface area (Å²) in [5, 5.41) is 0. The summed E-state index contributed by atoms with van der Waals surface area (Å²) in [5.41, 5.74) is 7.97. The average molecular weight is 246 g/mol. The maximum Gasteiger partial charge on any atom is 0.109 e. The van der Waals surface area contributed by atoms with E-state index in [2.05, 4.69) is 35.4 Å². The van der Waals surface area contributed by atoms with Crippen molar-refractivity contribution in [2.24, 2.45) is 24.6 Å². The van der Waals surface area contributed by atoms with Gasteiger partial charge in [0.05, 0.1) is 17.2 Å². The topological polar surface area (TPSA) is 56.7 Å². The fourth-order valence-corrected chi connectivity index (χ4v) is 2.46. The van der Waals surface area contributed by atoms with Crippen molar-refractivity contribution in [3.63, 3.8) is 0 Å². The van der Waals surface area contributed by atoms with Crippen molar-refractivity contribution in [1.82, 2.24) is 14.5 Å². The minimum Gasteiger partial charge on any atom is -0.330 e. The van der Waals surface area contributed by atoms with Crippen molar-refractivity contribution >= 4 is 11.0 Å². The molecule has 2 heterocycles. The normalized spacial score (nSPS) is 13.4. The number of hydrogen-bond acceptors (Lipinski definition) is 3. The SMILES string of the molecule is CC(C)CC(CN)Cc1nc2ccncc2n1C. The van der Waals surface area contributed by atoms with E-state index in [-0.39, 0.29) is 0 Å². The van der Waals surface area contributed by atoms with Gasteiger partial charge >= 0.3 is 0 Å². The number of nitrogens with two attached hydrogens (primary N) is 1. The van der Waals surface area contributed by atoms with Gasteiger partial charge < -0.3 is 10.3 Å². The Bertz CT molecular complexity index is 515. The highest BCUT2D eigenvalue weighted by molar-refractivity contribution is 5.74. The zero-order valence-corrected chi connectivity index (χ0v) is 11.4. The van der Waals surface area contributed by atoms with Crippen LogP contribution in [0.5, 0.6) is 0 Å². The summed E-state index contributed by atoms with van der Waals surface area (Å²) in [6, 6.07) is 1.96. The van der Waals surface area contributed by atoms with Gasteiger partial charge in [0.2, 0.25) is 0 Å². The number of nitrogens with zero attached hydrogens (tertiary/aromatic N) is 3. The van der Waals surface area contributed by atoms with Crippen molar-refractivity contribution < 1.29 is 0 Å². The predicted molar refractivity (Wildman–Crippen MR) is 74.2 cm³/mol. The summed E-state index contributed by atoms with van der Waals surface area (Å²) in [6.07, 6.45) is 5.75. The zero-order chi connectivity index (χ0) is 13.1. The molecule has 0 bridgehead atoms.